The fourth-order valence-corrected chi connectivity index (χ4v) is 5.36. The Morgan fingerprint density at radius 1 is 0.639 bits per heavy atom. The molecule has 6 rings (SSSR count). The lowest BCUT2D eigenvalue weighted by molar-refractivity contribution is -0.112. The van der Waals surface area contributed by atoms with Crippen molar-refractivity contribution in [2.45, 2.75) is 19.1 Å². The summed E-state index contributed by atoms with van der Waals surface area (Å²) in [6, 6.07) is 39.5. The van der Waals surface area contributed by atoms with Crippen LogP contribution in [0.5, 0.6) is 0 Å². The molecular weight excluding hydrogens is 438 g/mol. The summed E-state index contributed by atoms with van der Waals surface area (Å²) in [6.45, 7) is 1.50. The fourth-order valence-electron chi connectivity index (χ4n) is 5.36. The van der Waals surface area contributed by atoms with E-state index in [0.29, 0.717) is 0 Å². The highest BCUT2D eigenvalue weighted by Crippen LogP contribution is 2.48. The van der Waals surface area contributed by atoms with Crippen molar-refractivity contribution in [3.8, 4) is 0 Å². The van der Waals surface area contributed by atoms with Crippen LogP contribution < -0.4 is 0 Å². The molecule has 2 aliphatic carbocycles. The Kier molecular flexibility index (Phi) is 6.03. The third-order valence-electron chi connectivity index (χ3n) is 6.99. The van der Waals surface area contributed by atoms with Gasteiger partial charge in [-0.2, -0.15) is 0 Å². The molecule has 0 saturated carbocycles. The molecule has 0 radical (unpaired) electrons. The van der Waals surface area contributed by atoms with Gasteiger partial charge in [-0.15, -0.1) is 0 Å². The predicted octanol–water partition coefficient (Wildman–Crippen LogP) is 7.42. The van der Waals surface area contributed by atoms with E-state index < -0.39 is 0 Å². The van der Waals surface area contributed by atoms with Crippen LogP contribution in [0, 0.1) is 0 Å². The molecule has 0 spiro atoms. The predicted molar refractivity (Wildman–Crippen MR) is 147 cm³/mol. The Labute approximate surface area is 212 Å². The molecule has 36 heavy (non-hydrogen) atoms. The van der Waals surface area contributed by atoms with Crippen LogP contribution in [0.4, 0.5) is 0 Å². The highest BCUT2D eigenvalue weighted by molar-refractivity contribution is 6.21. The van der Waals surface area contributed by atoms with Crippen molar-refractivity contribution in [2.24, 2.45) is 0 Å². The van der Waals surface area contributed by atoms with E-state index in [-0.39, 0.29) is 11.8 Å². The minimum absolute atomic E-state index is 0.115. The summed E-state index contributed by atoms with van der Waals surface area (Å²) in [6.07, 6.45) is 6.11. The smallest absolute Gasteiger partial charge is 0.191 e. The molecule has 0 saturated heterocycles. The Balaban J connectivity index is 1.45. The maximum Gasteiger partial charge on any atom is 0.191 e. The van der Waals surface area contributed by atoms with Crippen molar-refractivity contribution in [1.82, 2.24) is 4.90 Å². The minimum atomic E-state index is -0.117. The number of allylic oxidation sites excluding steroid dienone is 4. The van der Waals surface area contributed by atoms with Gasteiger partial charge in [-0.05, 0) is 39.5 Å². The molecule has 0 bridgehead atoms. The molecule has 0 fully saturated rings. The average molecular weight is 466 g/mol. The molecule has 0 aliphatic heterocycles. The van der Waals surface area contributed by atoms with Crippen molar-refractivity contribution in [2.75, 3.05) is 0 Å². The van der Waals surface area contributed by atoms with Gasteiger partial charge in [0.05, 0.1) is 6.04 Å². The van der Waals surface area contributed by atoms with E-state index in [1.165, 1.54) is 16.7 Å². The summed E-state index contributed by atoms with van der Waals surface area (Å²) in [5.74, 6) is 0.115. The van der Waals surface area contributed by atoms with E-state index in [1.807, 2.05) is 54.6 Å². The zero-order chi connectivity index (χ0) is 24.3. The van der Waals surface area contributed by atoms with Crippen LogP contribution in [-0.2, 0) is 17.9 Å². The number of nitrogens with zero attached hydrogens (tertiary/aromatic N) is 1. The van der Waals surface area contributed by atoms with Crippen molar-refractivity contribution >= 4 is 17.4 Å². The molecule has 0 heterocycles. The number of carbonyl (C=O) groups is 1. The van der Waals surface area contributed by atoms with Gasteiger partial charge in [0.15, 0.2) is 5.78 Å². The molecule has 0 amide bonds. The summed E-state index contributed by atoms with van der Waals surface area (Å²) in [4.78, 5) is 16.5. The van der Waals surface area contributed by atoms with Crippen LogP contribution in [0.25, 0.3) is 11.6 Å². The van der Waals surface area contributed by atoms with E-state index in [0.717, 1.165) is 40.9 Å². The van der Waals surface area contributed by atoms with E-state index in [9.17, 15) is 4.79 Å². The Morgan fingerprint density at radius 2 is 1.19 bits per heavy atom. The van der Waals surface area contributed by atoms with Gasteiger partial charge in [0, 0.05) is 24.2 Å². The zero-order valence-corrected chi connectivity index (χ0v) is 20.0. The van der Waals surface area contributed by atoms with Gasteiger partial charge in [0.1, 0.15) is 0 Å². The molecule has 4 aromatic rings. The Bertz CT molecular complexity index is 1440. The first-order valence-corrected chi connectivity index (χ1v) is 12.4. The average Bonchev–Trinajstić information content (AvgIpc) is 3.27. The van der Waals surface area contributed by atoms with Crippen LogP contribution in [-0.4, -0.2) is 10.7 Å². The van der Waals surface area contributed by atoms with Crippen LogP contribution >= 0.6 is 0 Å². The van der Waals surface area contributed by atoms with Crippen LogP contribution in [0.3, 0.4) is 0 Å². The van der Waals surface area contributed by atoms with E-state index >= 15 is 0 Å². The highest BCUT2D eigenvalue weighted by Gasteiger charge is 2.39. The third kappa shape index (κ3) is 4.28. The number of Topliss-reactive ketones (excluding diaryl/α,β-unsaturated/α-hetero) is 1. The molecule has 0 aromatic heterocycles. The molecule has 1 unspecified atom stereocenters. The largest absolute Gasteiger partial charge is 0.289 e. The molecular formula is C34H27NO. The second-order valence-corrected chi connectivity index (χ2v) is 9.37. The quantitative estimate of drug-likeness (QED) is 0.276. The van der Waals surface area contributed by atoms with Crippen LogP contribution in [0.15, 0.2) is 139 Å². The molecule has 0 N–H and O–H groups in total. The maximum absolute atomic E-state index is 14.1. The van der Waals surface area contributed by atoms with Crippen molar-refractivity contribution in [3.63, 3.8) is 0 Å². The topological polar surface area (TPSA) is 20.3 Å². The number of carbonyl (C=O) groups excluding carboxylic acids is 1. The number of ketones is 1. The second-order valence-electron chi connectivity index (χ2n) is 9.37. The van der Waals surface area contributed by atoms with Gasteiger partial charge < -0.3 is 0 Å². The first-order chi connectivity index (χ1) is 17.8. The lowest BCUT2D eigenvalue weighted by atomic mass is 9.89. The van der Waals surface area contributed by atoms with Crippen molar-refractivity contribution < 1.29 is 4.79 Å². The summed E-state index contributed by atoms with van der Waals surface area (Å²) in [5.41, 5.74) is 8.53. The molecule has 174 valence electrons. The number of hydrogen-bond acceptors (Lipinski definition) is 2. The molecule has 2 aliphatic rings. The lowest BCUT2D eigenvalue weighted by Gasteiger charge is -2.32. The minimum Gasteiger partial charge on any atom is -0.289 e. The maximum atomic E-state index is 14.1. The lowest BCUT2D eigenvalue weighted by Crippen LogP contribution is -2.31. The van der Waals surface area contributed by atoms with Crippen LogP contribution in [0.1, 0.15) is 33.9 Å². The van der Waals surface area contributed by atoms with Gasteiger partial charge >= 0.3 is 0 Å². The SMILES string of the molecule is O=C1C(=Cc2ccccc2)C=CC2=C1C(N(Cc1ccccc1)Cc1ccccc1)c1ccccc12. The van der Waals surface area contributed by atoms with Gasteiger partial charge in [-0.3, -0.25) is 9.69 Å². The standard InChI is InChI=1S/C34H27NO/c36-34-28(22-25-12-4-1-5-13-25)20-21-30-29-18-10-11-19-31(29)33(32(30)34)35(23-26-14-6-2-7-15-26)24-27-16-8-3-9-17-27/h1-22,33H,23-24H2. The molecule has 1 atom stereocenters. The zero-order valence-electron chi connectivity index (χ0n) is 20.0. The Morgan fingerprint density at radius 3 is 1.83 bits per heavy atom. The van der Waals surface area contributed by atoms with E-state index in [1.54, 1.807) is 0 Å². The number of benzene rings is 4. The summed E-state index contributed by atoms with van der Waals surface area (Å²) in [5, 5.41) is 0. The monoisotopic (exact) mass is 465 g/mol. The number of rotatable bonds is 6. The molecule has 4 aromatic carbocycles. The fraction of sp³-hybridized carbons (Fsp3) is 0.0882. The summed E-state index contributed by atoms with van der Waals surface area (Å²) >= 11 is 0. The normalized spacial score (nSPS) is 17.5. The first-order valence-electron chi connectivity index (χ1n) is 12.4. The summed E-state index contributed by atoms with van der Waals surface area (Å²) < 4.78 is 0. The number of fused-ring (bicyclic) bond motifs is 2. The number of hydrogen-bond donors (Lipinski definition) is 0. The van der Waals surface area contributed by atoms with Gasteiger partial charge in [0.2, 0.25) is 0 Å². The molecule has 2 nitrogen and oxygen atoms in total. The Hall–Kier alpha value is -4.27. The van der Waals surface area contributed by atoms with Crippen LogP contribution in [0.2, 0.25) is 0 Å². The third-order valence-corrected chi connectivity index (χ3v) is 6.99. The van der Waals surface area contributed by atoms with Gasteiger partial charge in [-0.25, -0.2) is 0 Å². The van der Waals surface area contributed by atoms with Crippen molar-refractivity contribution in [3.05, 3.63) is 166 Å². The van der Waals surface area contributed by atoms with Gasteiger partial charge in [-0.1, -0.05) is 127 Å². The second kappa shape index (κ2) is 9.77. The highest BCUT2D eigenvalue weighted by atomic mass is 16.1. The van der Waals surface area contributed by atoms with E-state index in [2.05, 4.69) is 83.8 Å². The van der Waals surface area contributed by atoms with E-state index in [4.69, 9.17) is 0 Å². The first kappa shape index (κ1) is 22.2. The van der Waals surface area contributed by atoms with Gasteiger partial charge in [0.25, 0.3) is 0 Å². The summed E-state index contributed by atoms with van der Waals surface area (Å²) in [7, 11) is 0. The van der Waals surface area contributed by atoms with Crippen molar-refractivity contribution in [1.29, 1.82) is 0 Å². The molecule has 2 heteroatoms.